The summed E-state index contributed by atoms with van der Waals surface area (Å²) in [5.41, 5.74) is 5.02. The molecular formula is C8H15N5OS. The molecule has 0 fully saturated rings. The van der Waals surface area contributed by atoms with E-state index in [1.807, 2.05) is 0 Å². The summed E-state index contributed by atoms with van der Waals surface area (Å²) in [6.45, 7) is 0.766. The molecule has 1 aromatic rings. The lowest BCUT2D eigenvalue weighted by atomic mass is 10.1. The van der Waals surface area contributed by atoms with E-state index in [0.717, 1.165) is 32.2 Å². The van der Waals surface area contributed by atoms with E-state index in [-0.39, 0.29) is 5.91 Å². The van der Waals surface area contributed by atoms with E-state index in [2.05, 4.69) is 28.2 Å². The monoisotopic (exact) mass is 229 g/mol. The van der Waals surface area contributed by atoms with Crippen LogP contribution in [0.2, 0.25) is 0 Å². The first-order chi connectivity index (χ1) is 7.20. The molecule has 1 amide bonds. The van der Waals surface area contributed by atoms with Gasteiger partial charge in [-0.25, -0.2) is 4.68 Å². The first-order valence-corrected chi connectivity index (χ1v) is 5.38. The molecule has 0 aromatic carbocycles. The molecule has 0 aliphatic carbocycles. The number of carbonyl (C=O) groups excluding carboxylic acids is 1. The third-order valence-electron chi connectivity index (χ3n) is 2.06. The van der Waals surface area contributed by atoms with Gasteiger partial charge in [-0.3, -0.25) is 4.79 Å². The Morgan fingerprint density at radius 1 is 1.33 bits per heavy atom. The van der Waals surface area contributed by atoms with Crippen LogP contribution in [0.25, 0.3) is 0 Å². The van der Waals surface area contributed by atoms with Gasteiger partial charge in [0.25, 0.3) is 0 Å². The molecule has 2 N–H and O–H groups in total. The van der Waals surface area contributed by atoms with Crippen LogP contribution in [0.3, 0.4) is 0 Å². The van der Waals surface area contributed by atoms with Gasteiger partial charge in [0.05, 0.1) is 0 Å². The van der Waals surface area contributed by atoms with Crippen LogP contribution in [-0.2, 0) is 11.3 Å². The number of amides is 1. The highest BCUT2D eigenvalue weighted by atomic mass is 32.1. The van der Waals surface area contributed by atoms with Crippen LogP contribution >= 0.6 is 12.6 Å². The molecule has 0 spiro atoms. The molecule has 0 saturated carbocycles. The first-order valence-electron chi connectivity index (χ1n) is 4.93. The van der Waals surface area contributed by atoms with Gasteiger partial charge in [0.2, 0.25) is 11.1 Å². The van der Waals surface area contributed by atoms with Gasteiger partial charge in [0.1, 0.15) is 0 Å². The highest BCUT2D eigenvalue weighted by molar-refractivity contribution is 7.80. The van der Waals surface area contributed by atoms with E-state index in [9.17, 15) is 4.79 Å². The Kier molecular flexibility index (Phi) is 5.09. The molecule has 0 aliphatic rings. The molecule has 0 bridgehead atoms. The number of nitrogens with zero attached hydrogens (tertiary/aromatic N) is 4. The molecule has 0 aliphatic heterocycles. The van der Waals surface area contributed by atoms with Gasteiger partial charge < -0.3 is 5.73 Å². The summed E-state index contributed by atoms with van der Waals surface area (Å²) >= 11 is 4.08. The maximum atomic E-state index is 10.4. The van der Waals surface area contributed by atoms with Crippen molar-refractivity contribution in [1.29, 1.82) is 0 Å². The molecule has 0 saturated heterocycles. The van der Waals surface area contributed by atoms with Gasteiger partial charge in [-0.1, -0.05) is 12.8 Å². The molecular weight excluding hydrogens is 214 g/mol. The first kappa shape index (κ1) is 12.0. The Labute approximate surface area is 93.6 Å². The number of unbranched alkanes of at least 4 members (excludes halogenated alkanes) is 3. The number of tetrazole rings is 1. The van der Waals surface area contributed by atoms with Crippen LogP contribution in [0.1, 0.15) is 32.1 Å². The minimum absolute atomic E-state index is 0.229. The third-order valence-corrected chi connectivity index (χ3v) is 2.38. The minimum atomic E-state index is -0.229. The number of aromatic nitrogens is 4. The van der Waals surface area contributed by atoms with Crippen LogP contribution in [0, 0.1) is 0 Å². The molecule has 1 heterocycles. The van der Waals surface area contributed by atoms with E-state index >= 15 is 0 Å². The van der Waals surface area contributed by atoms with Crippen molar-refractivity contribution in [3.05, 3.63) is 0 Å². The second-order valence-electron chi connectivity index (χ2n) is 3.33. The van der Waals surface area contributed by atoms with Gasteiger partial charge in [0.15, 0.2) is 0 Å². The minimum Gasteiger partial charge on any atom is -0.370 e. The maximum absolute atomic E-state index is 10.4. The number of hydrogen-bond acceptors (Lipinski definition) is 5. The van der Waals surface area contributed by atoms with Gasteiger partial charge in [-0.15, -0.1) is 17.7 Å². The molecule has 15 heavy (non-hydrogen) atoms. The van der Waals surface area contributed by atoms with Crippen molar-refractivity contribution in [2.45, 2.75) is 43.8 Å². The molecule has 0 unspecified atom stereocenters. The summed E-state index contributed by atoms with van der Waals surface area (Å²) in [7, 11) is 0. The predicted octanol–water partition coefficient (Wildman–Crippen LogP) is 0.398. The number of thiol groups is 1. The lowest BCUT2D eigenvalue weighted by molar-refractivity contribution is -0.118. The SMILES string of the molecule is NC(=O)CCCCCCn1nnnc1S. The molecule has 84 valence electrons. The number of aryl methyl sites for hydroxylation is 1. The van der Waals surface area contributed by atoms with Crippen LogP contribution < -0.4 is 5.73 Å². The molecule has 0 radical (unpaired) electrons. The molecule has 0 atom stereocenters. The fraction of sp³-hybridized carbons (Fsp3) is 0.750. The average Bonchev–Trinajstić information content (AvgIpc) is 2.57. The Morgan fingerprint density at radius 2 is 2.07 bits per heavy atom. The normalized spacial score (nSPS) is 10.5. The van der Waals surface area contributed by atoms with Gasteiger partial charge in [-0.05, 0) is 23.3 Å². The fourth-order valence-corrected chi connectivity index (χ4v) is 1.44. The lowest BCUT2D eigenvalue weighted by Crippen LogP contribution is -2.09. The highest BCUT2D eigenvalue weighted by Crippen LogP contribution is 2.05. The number of hydrogen-bond donors (Lipinski definition) is 2. The molecule has 6 nitrogen and oxygen atoms in total. The van der Waals surface area contributed by atoms with Crippen LogP contribution in [0.15, 0.2) is 5.16 Å². The van der Waals surface area contributed by atoms with Crippen molar-refractivity contribution in [2.24, 2.45) is 5.73 Å². The molecule has 1 aromatic heterocycles. The number of nitrogens with two attached hydrogens (primary N) is 1. The predicted molar refractivity (Wildman–Crippen MR) is 57.3 cm³/mol. The van der Waals surface area contributed by atoms with Gasteiger partial charge >= 0.3 is 0 Å². The number of carbonyl (C=O) groups is 1. The van der Waals surface area contributed by atoms with Crippen molar-refractivity contribution in [1.82, 2.24) is 20.2 Å². The summed E-state index contributed by atoms with van der Waals surface area (Å²) in [4.78, 5) is 10.4. The van der Waals surface area contributed by atoms with Crippen molar-refractivity contribution in [3.8, 4) is 0 Å². The Balaban J connectivity index is 2.03. The Hall–Kier alpha value is -1.11. The summed E-state index contributed by atoms with van der Waals surface area (Å²) in [5.74, 6) is -0.229. The molecule has 7 heteroatoms. The van der Waals surface area contributed by atoms with Crippen LogP contribution in [0.4, 0.5) is 0 Å². The lowest BCUT2D eigenvalue weighted by Gasteiger charge is -2.01. The summed E-state index contributed by atoms with van der Waals surface area (Å²) in [5, 5.41) is 11.4. The Bertz CT molecular complexity index is 314. The van der Waals surface area contributed by atoms with E-state index in [1.165, 1.54) is 0 Å². The van der Waals surface area contributed by atoms with Crippen molar-refractivity contribution in [2.75, 3.05) is 0 Å². The molecule has 1 rings (SSSR count). The van der Waals surface area contributed by atoms with Crippen molar-refractivity contribution >= 4 is 18.5 Å². The standard InChI is InChI=1S/C8H15N5OS/c9-7(14)5-3-1-2-4-6-13-8(15)10-11-12-13/h1-6H2,(H2,9,14)(H,10,12,15). The highest BCUT2D eigenvalue weighted by Gasteiger charge is 2.00. The summed E-state index contributed by atoms with van der Waals surface area (Å²) in [6.07, 6.45) is 4.37. The van der Waals surface area contributed by atoms with E-state index < -0.39 is 0 Å². The van der Waals surface area contributed by atoms with E-state index in [4.69, 9.17) is 5.73 Å². The smallest absolute Gasteiger partial charge is 0.217 e. The second-order valence-corrected chi connectivity index (χ2v) is 3.73. The quantitative estimate of drug-likeness (QED) is 0.523. The van der Waals surface area contributed by atoms with Gasteiger partial charge in [-0.2, -0.15) is 0 Å². The largest absolute Gasteiger partial charge is 0.370 e. The topological polar surface area (TPSA) is 86.7 Å². The van der Waals surface area contributed by atoms with Crippen LogP contribution in [0.5, 0.6) is 0 Å². The second kappa shape index (κ2) is 6.39. The summed E-state index contributed by atoms with van der Waals surface area (Å²) in [6, 6.07) is 0. The number of primary amides is 1. The van der Waals surface area contributed by atoms with Crippen molar-refractivity contribution in [3.63, 3.8) is 0 Å². The van der Waals surface area contributed by atoms with E-state index in [1.54, 1.807) is 4.68 Å². The van der Waals surface area contributed by atoms with Crippen molar-refractivity contribution < 1.29 is 4.79 Å². The van der Waals surface area contributed by atoms with Gasteiger partial charge in [0, 0.05) is 13.0 Å². The fourth-order valence-electron chi connectivity index (χ4n) is 1.26. The zero-order valence-corrected chi connectivity index (χ0v) is 9.36. The third kappa shape index (κ3) is 4.78. The zero-order chi connectivity index (χ0) is 11.1. The maximum Gasteiger partial charge on any atom is 0.217 e. The summed E-state index contributed by atoms with van der Waals surface area (Å²) < 4.78 is 1.65. The zero-order valence-electron chi connectivity index (χ0n) is 8.46. The Morgan fingerprint density at radius 3 is 2.67 bits per heavy atom. The average molecular weight is 229 g/mol. The number of rotatable bonds is 7. The van der Waals surface area contributed by atoms with Crippen LogP contribution in [-0.4, -0.2) is 26.1 Å². The van der Waals surface area contributed by atoms with E-state index in [0.29, 0.717) is 11.6 Å².